The van der Waals surface area contributed by atoms with E-state index < -0.39 is 5.92 Å². The molecule has 2 aliphatic rings. The Hall–Kier alpha value is -2.14. The second kappa shape index (κ2) is 6.30. The van der Waals surface area contributed by atoms with Gasteiger partial charge in [0, 0.05) is 34.8 Å². The molecule has 6 heteroatoms. The van der Waals surface area contributed by atoms with E-state index in [1.165, 1.54) is 0 Å². The summed E-state index contributed by atoms with van der Waals surface area (Å²) < 4.78 is 0. The van der Waals surface area contributed by atoms with Crippen LogP contribution in [0.3, 0.4) is 0 Å². The Morgan fingerprint density at radius 3 is 2.72 bits per heavy atom. The molecule has 2 N–H and O–H groups in total. The van der Waals surface area contributed by atoms with Crippen molar-refractivity contribution in [2.75, 3.05) is 5.32 Å². The van der Waals surface area contributed by atoms with Gasteiger partial charge in [0.15, 0.2) is 5.78 Å². The minimum atomic E-state index is -0.759. The molecule has 1 aromatic rings. The average Bonchev–Trinajstić information content (AvgIpc) is 2.49. The van der Waals surface area contributed by atoms with Crippen LogP contribution in [0, 0.1) is 18.3 Å². The quantitative estimate of drug-likeness (QED) is 0.849. The molecule has 0 fully saturated rings. The molecule has 132 valence electrons. The van der Waals surface area contributed by atoms with Gasteiger partial charge in [0.05, 0.1) is 5.92 Å². The molecule has 0 unspecified atom stereocenters. The molecular weight excluding hydrogens is 340 g/mol. The molecule has 0 bridgehead atoms. The molecule has 0 saturated heterocycles. The second-order valence-corrected chi connectivity index (χ2v) is 7.95. The molecular formula is C19H21ClN2O3. The molecule has 25 heavy (non-hydrogen) atoms. The third-order valence-corrected chi connectivity index (χ3v) is 5.20. The van der Waals surface area contributed by atoms with Crippen molar-refractivity contribution in [3.63, 3.8) is 0 Å². The molecule has 1 aliphatic heterocycles. The summed E-state index contributed by atoms with van der Waals surface area (Å²) in [7, 11) is 0. The maximum absolute atomic E-state index is 12.8. The fourth-order valence-corrected chi connectivity index (χ4v) is 3.72. The molecule has 1 heterocycles. The SMILES string of the molecule is Cc1c(Cl)cccc1NC(=O)[C@@H]1CC(=O)NC2=C1C(=O)CC(C)(C)C2. The van der Waals surface area contributed by atoms with Crippen molar-refractivity contribution < 1.29 is 14.4 Å². The summed E-state index contributed by atoms with van der Waals surface area (Å²) in [5.74, 6) is -1.40. The first-order valence-electron chi connectivity index (χ1n) is 8.30. The third kappa shape index (κ3) is 3.47. The molecule has 1 atom stereocenters. The smallest absolute Gasteiger partial charge is 0.232 e. The number of benzene rings is 1. The van der Waals surface area contributed by atoms with Crippen LogP contribution in [0.1, 0.15) is 38.7 Å². The summed E-state index contributed by atoms with van der Waals surface area (Å²) in [5.41, 5.74) is 2.18. The number of Topliss-reactive ketones (excluding diaryl/α,β-unsaturated/α-hetero) is 1. The molecule has 3 rings (SSSR count). The van der Waals surface area contributed by atoms with Crippen LogP contribution in [0.4, 0.5) is 5.69 Å². The van der Waals surface area contributed by atoms with E-state index >= 15 is 0 Å². The number of nitrogens with one attached hydrogen (secondary N) is 2. The van der Waals surface area contributed by atoms with Crippen LogP contribution in [0.5, 0.6) is 0 Å². The number of carbonyl (C=O) groups is 3. The van der Waals surface area contributed by atoms with Crippen LogP contribution >= 0.6 is 11.6 Å². The van der Waals surface area contributed by atoms with Gasteiger partial charge in [0.2, 0.25) is 11.8 Å². The lowest BCUT2D eigenvalue weighted by atomic mass is 9.71. The van der Waals surface area contributed by atoms with Gasteiger partial charge < -0.3 is 10.6 Å². The van der Waals surface area contributed by atoms with Gasteiger partial charge in [-0.25, -0.2) is 0 Å². The number of anilines is 1. The van der Waals surface area contributed by atoms with Crippen molar-refractivity contribution in [1.82, 2.24) is 5.32 Å². The minimum absolute atomic E-state index is 0.0174. The number of rotatable bonds is 2. The van der Waals surface area contributed by atoms with Crippen molar-refractivity contribution >= 4 is 34.9 Å². The first-order valence-corrected chi connectivity index (χ1v) is 8.68. The zero-order valence-corrected chi connectivity index (χ0v) is 15.3. The van der Waals surface area contributed by atoms with Crippen molar-refractivity contribution in [1.29, 1.82) is 0 Å². The highest BCUT2D eigenvalue weighted by atomic mass is 35.5. The number of halogens is 1. The number of hydrogen-bond donors (Lipinski definition) is 2. The van der Waals surface area contributed by atoms with Gasteiger partial charge >= 0.3 is 0 Å². The Bertz CT molecular complexity index is 811. The fraction of sp³-hybridized carbons (Fsp3) is 0.421. The molecule has 0 radical (unpaired) electrons. The first kappa shape index (κ1) is 17.7. The van der Waals surface area contributed by atoms with Crippen LogP contribution in [-0.2, 0) is 14.4 Å². The number of hydrogen-bond acceptors (Lipinski definition) is 3. The summed E-state index contributed by atoms with van der Waals surface area (Å²) >= 11 is 6.09. The monoisotopic (exact) mass is 360 g/mol. The molecule has 1 aliphatic carbocycles. The molecule has 2 amide bonds. The predicted octanol–water partition coefficient (Wildman–Crippen LogP) is 3.37. The highest BCUT2D eigenvalue weighted by Crippen LogP contribution is 2.41. The third-order valence-electron chi connectivity index (χ3n) is 4.79. The van der Waals surface area contributed by atoms with Crippen LogP contribution < -0.4 is 10.6 Å². The lowest BCUT2D eigenvalue weighted by molar-refractivity contribution is -0.129. The Labute approximate surface area is 151 Å². The minimum Gasteiger partial charge on any atom is -0.329 e. The lowest BCUT2D eigenvalue weighted by Gasteiger charge is -2.37. The standard InChI is InChI=1S/C19H21ClN2O3/c1-10-12(20)5-4-6-13(10)22-18(25)11-7-16(24)21-14-8-19(2,3)9-15(23)17(11)14/h4-6,11H,7-9H2,1-3H3,(H,21,24)(H,22,25)/t11-/m1/s1. The number of ketones is 1. The van der Waals surface area contributed by atoms with Gasteiger partial charge in [-0.05, 0) is 36.5 Å². The number of carbonyl (C=O) groups excluding carboxylic acids is 3. The largest absolute Gasteiger partial charge is 0.329 e. The van der Waals surface area contributed by atoms with Crippen molar-refractivity contribution in [3.8, 4) is 0 Å². The van der Waals surface area contributed by atoms with E-state index in [9.17, 15) is 14.4 Å². The van der Waals surface area contributed by atoms with Crippen LogP contribution in [0.2, 0.25) is 5.02 Å². The van der Waals surface area contributed by atoms with Gasteiger partial charge in [0.25, 0.3) is 0 Å². The molecule has 0 aromatic heterocycles. The molecule has 0 saturated carbocycles. The normalized spacial score (nSPS) is 22.3. The summed E-state index contributed by atoms with van der Waals surface area (Å²) in [6.45, 7) is 5.78. The summed E-state index contributed by atoms with van der Waals surface area (Å²) in [5, 5.41) is 6.17. The maximum atomic E-state index is 12.8. The van der Waals surface area contributed by atoms with E-state index in [4.69, 9.17) is 11.6 Å². The highest BCUT2D eigenvalue weighted by Gasteiger charge is 2.42. The van der Waals surface area contributed by atoms with Crippen LogP contribution in [0.25, 0.3) is 0 Å². The van der Waals surface area contributed by atoms with Crippen molar-refractivity contribution in [2.45, 2.75) is 40.0 Å². The van der Waals surface area contributed by atoms with Gasteiger partial charge in [0.1, 0.15) is 0 Å². The summed E-state index contributed by atoms with van der Waals surface area (Å²) in [6.07, 6.45) is 0.942. The molecule has 0 spiro atoms. The van der Waals surface area contributed by atoms with E-state index in [1.54, 1.807) is 18.2 Å². The van der Waals surface area contributed by atoms with Gasteiger partial charge in [-0.15, -0.1) is 0 Å². The highest BCUT2D eigenvalue weighted by molar-refractivity contribution is 6.31. The van der Waals surface area contributed by atoms with Crippen molar-refractivity contribution in [2.24, 2.45) is 11.3 Å². The van der Waals surface area contributed by atoms with E-state index in [2.05, 4.69) is 10.6 Å². The number of allylic oxidation sites excluding steroid dienone is 1. The predicted molar refractivity (Wildman–Crippen MR) is 96.1 cm³/mol. The Balaban J connectivity index is 1.92. The number of amides is 2. The molecule has 5 nitrogen and oxygen atoms in total. The Morgan fingerprint density at radius 2 is 2.00 bits per heavy atom. The van der Waals surface area contributed by atoms with Gasteiger partial charge in [-0.1, -0.05) is 31.5 Å². The topological polar surface area (TPSA) is 75.3 Å². The van der Waals surface area contributed by atoms with Crippen LogP contribution in [-0.4, -0.2) is 17.6 Å². The van der Waals surface area contributed by atoms with E-state index in [0.717, 1.165) is 5.56 Å². The Morgan fingerprint density at radius 1 is 1.28 bits per heavy atom. The molecule has 1 aromatic carbocycles. The van der Waals surface area contributed by atoms with E-state index in [1.807, 2.05) is 20.8 Å². The zero-order chi connectivity index (χ0) is 18.4. The fourth-order valence-electron chi connectivity index (χ4n) is 3.54. The average molecular weight is 361 g/mol. The van der Waals surface area contributed by atoms with Gasteiger partial charge in [-0.3, -0.25) is 14.4 Å². The zero-order valence-electron chi connectivity index (χ0n) is 14.5. The summed E-state index contributed by atoms with van der Waals surface area (Å²) in [4.78, 5) is 37.5. The van der Waals surface area contributed by atoms with Gasteiger partial charge in [-0.2, -0.15) is 0 Å². The maximum Gasteiger partial charge on any atom is 0.232 e. The van der Waals surface area contributed by atoms with E-state index in [-0.39, 0.29) is 29.4 Å². The van der Waals surface area contributed by atoms with Crippen LogP contribution in [0.15, 0.2) is 29.5 Å². The second-order valence-electron chi connectivity index (χ2n) is 7.54. The Kier molecular flexibility index (Phi) is 4.45. The van der Waals surface area contributed by atoms with E-state index in [0.29, 0.717) is 34.8 Å². The summed E-state index contributed by atoms with van der Waals surface area (Å²) in [6, 6.07) is 5.24. The van der Waals surface area contributed by atoms with Crippen molar-refractivity contribution in [3.05, 3.63) is 40.1 Å². The first-order chi connectivity index (χ1) is 11.7. The lowest BCUT2D eigenvalue weighted by Crippen LogP contribution is -2.44.